The summed E-state index contributed by atoms with van der Waals surface area (Å²) in [5, 5.41) is 11.4. The van der Waals surface area contributed by atoms with Crippen molar-refractivity contribution in [1.29, 1.82) is 0 Å². The summed E-state index contributed by atoms with van der Waals surface area (Å²) < 4.78 is 8.83. The average Bonchev–Trinajstić information content (AvgIpc) is 3.45. The van der Waals surface area contributed by atoms with Gasteiger partial charge < -0.3 is 4.74 Å². The van der Waals surface area contributed by atoms with Crippen LogP contribution in [0.2, 0.25) is 0 Å². The Morgan fingerprint density at radius 1 is 1.16 bits per heavy atom. The number of nitrogens with one attached hydrogen (secondary N) is 1. The lowest BCUT2D eigenvalue weighted by Crippen LogP contribution is -2.16. The summed E-state index contributed by atoms with van der Waals surface area (Å²) >= 11 is 0. The lowest BCUT2D eigenvalue weighted by molar-refractivity contribution is -0.118. The highest BCUT2D eigenvalue weighted by atomic mass is 16.5. The summed E-state index contributed by atoms with van der Waals surface area (Å²) in [4.78, 5) is 28.8. The van der Waals surface area contributed by atoms with E-state index in [0.717, 1.165) is 16.7 Å². The zero-order chi connectivity index (χ0) is 21.5. The topological polar surface area (TPSA) is 103 Å². The number of carbonyl (C=O) groups is 2. The zero-order valence-corrected chi connectivity index (χ0v) is 17.0. The fourth-order valence-corrected chi connectivity index (χ4v) is 3.59. The van der Waals surface area contributed by atoms with Crippen LogP contribution in [0.4, 0.5) is 5.95 Å². The van der Waals surface area contributed by atoms with E-state index in [9.17, 15) is 9.59 Å². The van der Waals surface area contributed by atoms with Gasteiger partial charge in [0.1, 0.15) is 6.10 Å². The molecule has 31 heavy (non-hydrogen) atoms. The molecule has 0 unspecified atom stereocenters. The second-order valence-corrected chi connectivity index (χ2v) is 7.69. The lowest BCUT2D eigenvalue weighted by Gasteiger charge is -2.09. The van der Waals surface area contributed by atoms with Crippen molar-refractivity contribution in [1.82, 2.24) is 24.4 Å². The fraction of sp³-hybridized carbons (Fsp3) is 0.227. The Hall–Kier alpha value is -4.01. The van der Waals surface area contributed by atoms with E-state index in [1.54, 1.807) is 22.7 Å². The van der Waals surface area contributed by atoms with Gasteiger partial charge in [-0.05, 0) is 32.0 Å². The van der Waals surface area contributed by atoms with Crippen LogP contribution in [0.25, 0.3) is 16.8 Å². The van der Waals surface area contributed by atoms with Crippen molar-refractivity contribution in [3.8, 4) is 11.1 Å². The predicted octanol–water partition coefficient (Wildman–Crippen LogP) is 3.41. The standard InChI is InChI=1S/C22H20N6O3/c1-13(2)27-12-15(10-23-27)14-7-8-19-24-22(26-28(19)11-14)25-20(29)9-18-16-5-3-4-6-17(16)21(30)31-18/h3-8,10-13,18H,9H2,1-2H3,(H,25,26,29)/t18-/m1/s1. The quantitative estimate of drug-likeness (QED) is 0.500. The first-order valence-electron chi connectivity index (χ1n) is 9.98. The molecule has 0 saturated carbocycles. The summed E-state index contributed by atoms with van der Waals surface area (Å²) in [5.74, 6) is -0.547. The van der Waals surface area contributed by atoms with E-state index in [-0.39, 0.29) is 24.3 Å². The van der Waals surface area contributed by atoms with E-state index in [4.69, 9.17) is 4.74 Å². The normalized spacial score (nSPS) is 15.3. The molecular weight excluding hydrogens is 396 g/mol. The van der Waals surface area contributed by atoms with Gasteiger partial charge in [-0.25, -0.2) is 9.31 Å². The third-order valence-corrected chi connectivity index (χ3v) is 5.19. The number of hydrogen-bond donors (Lipinski definition) is 1. The molecule has 1 atom stereocenters. The molecule has 1 aliphatic heterocycles. The summed E-state index contributed by atoms with van der Waals surface area (Å²) in [6.45, 7) is 4.13. The third-order valence-electron chi connectivity index (χ3n) is 5.19. The van der Waals surface area contributed by atoms with Gasteiger partial charge in [-0.15, -0.1) is 5.10 Å². The molecule has 1 N–H and O–H groups in total. The molecular formula is C22H20N6O3. The van der Waals surface area contributed by atoms with E-state index in [2.05, 4.69) is 34.3 Å². The van der Waals surface area contributed by atoms with Crippen LogP contribution in [-0.2, 0) is 9.53 Å². The molecule has 1 amide bonds. The Bertz CT molecular complexity index is 1310. The van der Waals surface area contributed by atoms with Crippen molar-refractivity contribution in [2.24, 2.45) is 0 Å². The Morgan fingerprint density at radius 3 is 2.81 bits per heavy atom. The summed E-state index contributed by atoms with van der Waals surface area (Å²) in [6, 6.07) is 11.1. The second kappa shape index (κ2) is 7.35. The van der Waals surface area contributed by atoms with E-state index in [1.807, 2.05) is 41.5 Å². The number of fused-ring (bicyclic) bond motifs is 2. The number of carbonyl (C=O) groups excluding carboxylic acids is 2. The first kappa shape index (κ1) is 19.0. The Balaban J connectivity index is 1.32. The lowest BCUT2D eigenvalue weighted by atomic mass is 10.0. The Morgan fingerprint density at radius 2 is 2.00 bits per heavy atom. The highest BCUT2D eigenvalue weighted by Crippen LogP contribution is 2.32. The molecule has 9 nitrogen and oxygen atoms in total. The van der Waals surface area contributed by atoms with Crippen LogP contribution < -0.4 is 5.32 Å². The largest absolute Gasteiger partial charge is 0.453 e. The maximum Gasteiger partial charge on any atom is 0.339 e. The smallest absolute Gasteiger partial charge is 0.339 e. The molecule has 0 bridgehead atoms. The molecule has 5 rings (SSSR count). The number of rotatable bonds is 5. The van der Waals surface area contributed by atoms with Gasteiger partial charge in [0.05, 0.1) is 18.2 Å². The van der Waals surface area contributed by atoms with Gasteiger partial charge >= 0.3 is 5.97 Å². The van der Waals surface area contributed by atoms with E-state index in [0.29, 0.717) is 11.2 Å². The van der Waals surface area contributed by atoms with Crippen molar-refractivity contribution in [3.63, 3.8) is 0 Å². The van der Waals surface area contributed by atoms with Gasteiger partial charge in [-0.1, -0.05) is 18.2 Å². The van der Waals surface area contributed by atoms with Gasteiger partial charge in [0.2, 0.25) is 11.9 Å². The van der Waals surface area contributed by atoms with E-state index < -0.39 is 12.1 Å². The van der Waals surface area contributed by atoms with Crippen LogP contribution in [0, 0.1) is 0 Å². The number of anilines is 1. The van der Waals surface area contributed by atoms with Crippen molar-refractivity contribution < 1.29 is 14.3 Å². The number of benzene rings is 1. The first-order chi connectivity index (χ1) is 15.0. The van der Waals surface area contributed by atoms with Crippen LogP contribution in [0.15, 0.2) is 55.0 Å². The number of pyridine rings is 1. The first-order valence-corrected chi connectivity index (χ1v) is 9.98. The molecule has 0 radical (unpaired) electrons. The van der Waals surface area contributed by atoms with E-state index >= 15 is 0 Å². The number of nitrogens with zero attached hydrogens (tertiary/aromatic N) is 5. The van der Waals surface area contributed by atoms with Gasteiger partial charge in [0.25, 0.3) is 0 Å². The van der Waals surface area contributed by atoms with Crippen LogP contribution in [-0.4, -0.2) is 36.3 Å². The fourth-order valence-electron chi connectivity index (χ4n) is 3.59. The highest BCUT2D eigenvalue weighted by Gasteiger charge is 2.32. The number of aromatic nitrogens is 5. The third kappa shape index (κ3) is 3.54. The minimum absolute atomic E-state index is 0.00204. The van der Waals surface area contributed by atoms with Crippen molar-refractivity contribution in [2.45, 2.75) is 32.4 Å². The number of ether oxygens (including phenoxy) is 1. The summed E-state index contributed by atoms with van der Waals surface area (Å²) in [7, 11) is 0. The van der Waals surface area contributed by atoms with Gasteiger partial charge in [0.15, 0.2) is 5.65 Å². The van der Waals surface area contributed by atoms with Crippen molar-refractivity contribution >= 4 is 23.5 Å². The molecule has 0 fully saturated rings. The van der Waals surface area contributed by atoms with E-state index in [1.165, 1.54) is 0 Å². The Labute approximate surface area is 177 Å². The zero-order valence-electron chi connectivity index (χ0n) is 17.0. The molecule has 156 valence electrons. The van der Waals surface area contributed by atoms with Gasteiger partial charge in [0, 0.05) is 35.1 Å². The predicted molar refractivity (Wildman–Crippen MR) is 112 cm³/mol. The Kier molecular flexibility index (Phi) is 4.50. The molecule has 4 heterocycles. The molecule has 4 aromatic rings. The molecule has 1 aromatic carbocycles. The van der Waals surface area contributed by atoms with Crippen molar-refractivity contribution in [2.75, 3.05) is 5.32 Å². The number of cyclic esters (lactones) is 1. The minimum Gasteiger partial charge on any atom is -0.453 e. The summed E-state index contributed by atoms with van der Waals surface area (Å²) in [6.07, 6.45) is 5.02. The maximum atomic E-state index is 12.5. The number of amides is 1. The molecule has 1 aliphatic rings. The summed E-state index contributed by atoms with van der Waals surface area (Å²) in [5.41, 5.74) is 3.74. The molecule has 0 aliphatic carbocycles. The van der Waals surface area contributed by atoms with Crippen molar-refractivity contribution in [3.05, 3.63) is 66.1 Å². The minimum atomic E-state index is -0.607. The van der Waals surface area contributed by atoms with Crippen LogP contribution in [0.5, 0.6) is 0 Å². The molecule has 0 spiro atoms. The molecule has 9 heteroatoms. The number of hydrogen-bond acceptors (Lipinski definition) is 6. The number of esters is 1. The molecule has 3 aromatic heterocycles. The van der Waals surface area contributed by atoms with Crippen LogP contribution >= 0.6 is 0 Å². The monoisotopic (exact) mass is 416 g/mol. The van der Waals surface area contributed by atoms with Gasteiger partial charge in [-0.2, -0.15) is 10.1 Å². The van der Waals surface area contributed by atoms with Crippen LogP contribution in [0.1, 0.15) is 48.3 Å². The van der Waals surface area contributed by atoms with Gasteiger partial charge in [-0.3, -0.25) is 14.8 Å². The molecule has 0 saturated heterocycles. The maximum absolute atomic E-state index is 12.5. The van der Waals surface area contributed by atoms with Crippen LogP contribution in [0.3, 0.4) is 0 Å². The average molecular weight is 416 g/mol. The SMILES string of the molecule is CC(C)n1cc(-c2ccc3nc(NC(=O)C[C@H]4OC(=O)c5ccccc54)nn3c2)cn1. The highest BCUT2D eigenvalue weighted by molar-refractivity contribution is 5.96. The second-order valence-electron chi connectivity index (χ2n) is 7.69.